The van der Waals surface area contributed by atoms with E-state index in [1.165, 1.54) is 4.88 Å². The number of nitrogens with zero attached hydrogens (tertiary/aromatic N) is 1. The minimum absolute atomic E-state index is 0.116. The number of likely N-dealkylation sites (N-methyl/N-ethyl adjacent to an activating group) is 1. The Hall–Kier alpha value is -0.420. The molecule has 0 spiro atoms. The fraction of sp³-hybridized carbons (Fsp3) is 0.750. The molecule has 0 radical (unpaired) electrons. The Kier molecular flexibility index (Phi) is 5.61. The Morgan fingerprint density at radius 1 is 1.55 bits per heavy atom. The smallest absolute Gasteiger partial charge is 0.0616 e. The highest BCUT2D eigenvalue weighted by Gasteiger charge is 2.39. The zero-order valence-electron chi connectivity index (χ0n) is 13.0. The molecule has 2 atom stereocenters. The maximum atomic E-state index is 6.16. The fourth-order valence-electron chi connectivity index (χ4n) is 3.02. The standard InChI is InChI=1S/C16H28N2OS/c1-13(2)15-11-16(12-17,7-9-19-15)18(3)8-6-14-5-4-10-20-14/h4-5,10,13,15H,6-9,11-12,17H2,1-3H3. The van der Waals surface area contributed by atoms with Crippen LogP contribution < -0.4 is 5.73 Å². The summed E-state index contributed by atoms with van der Waals surface area (Å²) in [5.41, 5.74) is 6.27. The van der Waals surface area contributed by atoms with E-state index in [2.05, 4.69) is 43.3 Å². The highest BCUT2D eigenvalue weighted by molar-refractivity contribution is 7.09. The van der Waals surface area contributed by atoms with E-state index in [0.29, 0.717) is 12.0 Å². The first-order valence-electron chi connectivity index (χ1n) is 7.63. The van der Waals surface area contributed by atoms with Crippen molar-refractivity contribution in [2.24, 2.45) is 11.7 Å². The van der Waals surface area contributed by atoms with Gasteiger partial charge in [0.05, 0.1) is 6.10 Å². The summed E-state index contributed by atoms with van der Waals surface area (Å²) in [6.07, 6.45) is 3.57. The first-order valence-corrected chi connectivity index (χ1v) is 8.50. The molecule has 1 aliphatic heterocycles. The zero-order valence-corrected chi connectivity index (χ0v) is 13.8. The molecule has 1 fully saturated rings. The highest BCUT2D eigenvalue weighted by atomic mass is 32.1. The topological polar surface area (TPSA) is 38.5 Å². The molecule has 2 rings (SSSR count). The number of ether oxygens (including phenoxy) is 1. The third-order valence-electron chi connectivity index (χ3n) is 4.69. The lowest BCUT2D eigenvalue weighted by Crippen LogP contribution is -2.58. The van der Waals surface area contributed by atoms with Crippen LogP contribution in [0.1, 0.15) is 31.6 Å². The largest absolute Gasteiger partial charge is 0.378 e. The van der Waals surface area contributed by atoms with Crippen LogP contribution in [0, 0.1) is 5.92 Å². The number of rotatable bonds is 6. The lowest BCUT2D eigenvalue weighted by Gasteiger charge is -2.47. The van der Waals surface area contributed by atoms with Gasteiger partial charge in [-0.2, -0.15) is 0 Å². The van der Waals surface area contributed by atoms with Crippen LogP contribution in [-0.4, -0.2) is 43.3 Å². The predicted molar refractivity (Wildman–Crippen MR) is 86.3 cm³/mol. The second-order valence-corrected chi connectivity index (χ2v) is 7.32. The monoisotopic (exact) mass is 296 g/mol. The van der Waals surface area contributed by atoms with Crippen LogP contribution in [0.3, 0.4) is 0 Å². The summed E-state index contributed by atoms with van der Waals surface area (Å²) in [5.74, 6) is 0.562. The van der Waals surface area contributed by atoms with Gasteiger partial charge < -0.3 is 10.5 Å². The lowest BCUT2D eigenvalue weighted by molar-refractivity contribution is -0.0811. The molecule has 0 aromatic carbocycles. The molecule has 1 aromatic heterocycles. The van der Waals surface area contributed by atoms with Gasteiger partial charge in [0.1, 0.15) is 0 Å². The molecule has 2 N–H and O–H groups in total. The molecule has 0 aliphatic carbocycles. The van der Waals surface area contributed by atoms with Crippen molar-refractivity contribution in [1.29, 1.82) is 0 Å². The Balaban J connectivity index is 1.97. The van der Waals surface area contributed by atoms with E-state index in [1.54, 1.807) is 0 Å². The van der Waals surface area contributed by atoms with Crippen molar-refractivity contribution in [1.82, 2.24) is 4.90 Å². The molecule has 2 heterocycles. The SMILES string of the molecule is CC(C)C1CC(CN)(N(C)CCc2cccs2)CCO1. The second kappa shape index (κ2) is 7.03. The number of hydrogen-bond acceptors (Lipinski definition) is 4. The molecule has 0 bridgehead atoms. The van der Waals surface area contributed by atoms with Crippen molar-refractivity contribution in [3.63, 3.8) is 0 Å². The average Bonchev–Trinajstić information content (AvgIpc) is 2.98. The Morgan fingerprint density at radius 3 is 2.95 bits per heavy atom. The molecule has 1 aromatic rings. The van der Waals surface area contributed by atoms with E-state index in [1.807, 2.05) is 11.3 Å². The molecule has 0 saturated carbocycles. The van der Waals surface area contributed by atoms with E-state index in [-0.39, 0.29) is 5.54 Å². The van der Waals surface area contributed by atoms with E-state index in [4.69, 9.17) is 10.5 Å². The Labute approximate surface area is 127 Å². The number of thiophene rings is 1. The minimum atomic E-state index is 0.116. The molecular weight excluding hydrogens is 268 g/mol. The van der Waals surface area contributed by atoms with Crippen LogP contribution in [0.5, 0.6) is 0 Å². The van der Waals surface area contributed by atoms with Crippen LogP contribution >= 0.6 is 11.3 Å². The van der Waals surface area contributed by atoms with Crippen molar-refractivity contribution in [3.05, 3.63) is 22.4 Å². The normalized spacial score (nSPS) is 27.4. The Bertz CT molecular complexity index is 393. The van der Waals surface area contributed by atoms with E-state index in [0.717, 1.165) is 39.0 Å². The molecule has 2 unspecified atom stereocenters. The van der Waals surface area contributed by atoms with Gasteiger partial charge in [-0.3, -0.25) is 4.90 Å². The van der Waals surface area contributed by atoms with Gasteiger partial charge in [0, 0.05) is 30.1 Å². The van der Waals surface area contributed by atoms with Crippen LogP contribution in [-0.2, 0) is 11.2 Å². The van der Waals surface area contributed by atoms with E-state index < -0.39 is 0 Å². The van der Waals surface area contributed by atoms with Crippen molar-refractivity contribution < 1.29 is 4.74 Å². The summed E-state index contributed by atoms with van der Waals surface area (Å²) >= 11 is 1.84. The van der Waals surface area contributed by atoms with E-state index in [9.17, 15) is 0 Å². The molecule has 1 saturated heterocycles. The van der Waals surface area contributed by atoms with Crippen LogP contribution in [0.15, 0.2) is 17.5 Å². The molecule has 20 heavy (non-hydrogen) atoms. The molecule has 4 heteroatoms. The van der Waals surface area contributed by atoms with Crippen LogP contribution in [0.25, 0.3) is 0 Å². The lowest BCUT2D eigenvalue weighted by atomic mass is 9.82. The van der Waals surface area contributed by atoms with Gasteiger partial charge in [-0.05, 0) is 43.7 Å². The summed E-state index contributed by atoms with van der Waals surface area (Å²) in [6, 6.07) is 4.34. The van der Waals surface area contributed by atoms with Gasteiger partial charge in [0.15, 0.2) is 0 Å². The quantitative estimate of drug-likeness (QED) is 0.877. The second-order valence-electron chi connectivity index (χ2n) is 6.29. The molecule has 1 aliphatic rings. The number of nitrogens with two attached hydrogens (primary N) is 1. The molecule has 3 nitrogen and oxygen atoms in total. The summed E-state index contributed by atoms with van der Waals surface area (Å²) in [6.45, 7) is 7.11. The van der Waals surface area contributed by atoms with Crippen LogP contribution in [0.4, 0.5) is 0 Å². The third kappa shape index (κ3) is 3.61. The predicted octanol–water partition coefficient (Wildman–Crippen LogP) is 2.75. The molecular formula is C16H28N2OS. The van der Waals surface area contributed by atoms with Gasteiger partial charge in [-0.25, -0.2) is 0 Å². The summed E-state index contributed by atoms with van der Waals surface area (Å²) < 4.78 is 5.92. The summed E-state index contributed by atoms with van der Waals surface area (Å²) in [4.78, 5) is 3.93. The minimum Gasteiger partial charge on any atom is -0.378 e. The first kappa shape index (κ1) is 16.0. The zero-order chi connectivity index (χ0) is 14.6. The van der Waals surface area contributed by atoms with Gasteiger partial charge >= 0.3 is 0 Å². The Morgan fingerprint density at radius 2 is 2.35 bits per heavy atom. The van der Waals surface area contributed by atoms with E-state index >= 15 is 0 Å². The highest BCUT2D eigenvalue weighted by Crippen LogP contribution is 2.32. The van der Waals surface area contributed by atoms with Gasteiger partial charge in [-0.15, -0.1) is 11.3 Å². The van der Waals surface area contributed by atoms with Crippen LogP contribution in [0.2, 0.25) is 0 Å². The fourth-order valence-corrected chi connectivity index (χ4v) is 3.72. The van der Waals surface area contributed by atoms with Crippen molar-refractivity contribution >= 4 is 11.3 Å². The third-order valence-corrected chi connectivity index (χ3v) is 5.62. The maximum Gasteiger partial charge on any atom is 0.0616 e. The number of hydrogen-bond donors (Lipinski definition) is 1. The molecule has 0 amide bonds. The van der Waals surface area contributed by atoms with Crippen molar-refractivity contribution in [2.45, 2.75) is 44.8 Å². The summed E-state index contributed by atoms with van der Waals surface area (Å²) in [5, 5.41) is 2.15. The molecule has 114 valence electrons. The maximum absolute atomic E-state index is 6.16. The van der Waals surface area contributed by atoms with Crippen molar-refractivity contribution in [2.75, 3.05) is 26.7 Å². The average molecular weight is 296 g/mol. The van der Waals surface area contributed by atoms with Crippen molar-refractivity contribution in [3.8, 4) is 0 Å². The summed E-state index contributed by atoms with van der Waals surface area (Å²) in [7, 11) is 2.23. The first-order chi connectivity index (χ1) is 9.57. The van der Waals surface area contributed by atoms with Gasteiger partial charge in [-0.1, -0.05) is 19.9 Å². The van der Waals surface area contributed by atoms with Gasteiger partial charge in [0.2, 0.25) is 0 Å². The van der Waals surface area contributed by atoms with Gasteiger partial charge in [0.25, 0.3) is 0 Å².